The minimum Gasteiger partial charge on any atom is -0.467 e. The summed E-state index contributed by atoms with van der Waals surface area (Å²) in [5, 5.41) is 7.89. The Bertz CT molecular complexity index is 1230. The van der Waals surface area contributed by atoms with Gasteiger partial charge >= 0.3 is 0 Å². The molecular formula is C23H18N4O2. The molecule has 0 aliphatic carbocycles. The number of para-hydroxylation sites is 2. The molecular weight excluding hydrogens is 364 g/mol. The topological polar surface area (TPSA) is 64.6 Å². The van der Waals surface area contributed by atoms with Crippen LogP contribution in [0.2, 0.25) is 0 Å². The standard InChI is InChI=1S/C23H18N4O2/c1-2-7-17(8-3-1)29-21-11-5-4-10-19(21)20-16-26-27-22(12-13-24-23(20)27)25-15-18-9-6-14-28-18/h1-14,16,25H,15H2. The largest absolute Gasteiger partial charge is 0.467 e. The van der Waals surface area contributed by atoms with Crippen LogP contribution in [0.5, 0.6) is 11.5 Å². The number of hydrogen-bond acceptors (Lipinski definition) is 5. The van der Waals surface area contributed by atoms with Crippen LogP contribution in [0.3, 0.4) is 0 Å². The normalized spacial score (nSPS) is 10.9. The third-order valence-electron chi connectivity index (χ3n) is 4.57. The van der Waals surface area contributed by atoms with Crippen molar-refractivity contribution in [3.8, 4) is 22.6 Å². The van der Waals surface area contributed by atoms with Gasteiger partial charge in [-0.2, -0.15) is 9.61 Å². The van der Waals surface area contributed by atoms with Gasteiger partial charge in [0.2, 0.25) is 0 Å². The monoisotopic (exact) mass is 382 g/mol. The van der Waals surface area contributed by atoms with E-state index in [4.69, 9.17) is 9.15 Å². The van der Waals surface area contributed by atoms with E-state index in [1.165, 1.54) is 0 Å². The Kier molecular flexibility index (Phi) is 4.42. The summed E-state index contributed by atoms with van der Waals surface area (Å²) in [7, 11) is 0. The molecule has 2 aromatic carbocycles. The number of anilines is 1. The summed E-state index contributed by atoms with van der Waals surface area (Å²) in [6, 6.07) is 23.3. The number of rotatable bonds is 6. The van der Waals surface area contributed by atoms with Crippen LogP contribution in [-0.4, -0.2) is 14.6 Å². The van der Waals surface area contributed by atoms with E-state index in [9.17, 15) is 0 Å². The van der Waals surface area contributed by atoms with Crippen molar-refractivity contribution in [1.29, 1.82) is 0 Å². The molecule has 0 spiro atoms. The van der Waals surface area contributed by atoms with Crippen LogP contribution in [0.1, 0.15) is 5.76 Å². The summed E-state index contributed by atoms with van der Waals surface area (Å²) in [6.45, 7) is 0.564. The highest BCUT2D eigenvalue weighted by molar-refractivity contribution is 5.82. The van der Waals surface area contributed by atoms with Crippen molar-refractivity contribution < 1.29 is 9.15 Å². The van der Waals surface area contributed by atoms with Gasteiger partial charge in [-0.3, -0.25) is 0 Å². The maximum atomic E-state index is 6.12. The molecule has 142 valence electrons. The van der Waals surface area contributed by atoms with Gasteiger partial charge in [0, 0.05) is 11.8 Å². The first-order valence-electron chi connectivity index (χ1n) is 9.30. The van der Waals surface area contributed by atoms with Crippen LogP contribution in [0, 0.1) is 0 Å². The van der Waals surface area contributed by atoms with E-state index < -0.39 is 0 Å². The average Bonchev–Trinajstić information content (AvgIpc) is 3.44. The van der Waals surface area contributed by atoms with Gasteiger partial charge in [-0.1, -0.05) is 36.4 Å². The lowest BCUT2D eigenvalue weighted by Gasteiger charge is -2.11. The fourth-order valence-electron chi connectivity index (χ4n) is 3.20. The highest BCUT2D eigenvalue weighted by atomic mass is 16.5. The summed E-state index contributed by atoms with van der Waals surface area (Å²) < 4.78 is 13.3. The van der Waals surface area contributed by atoms with Gasteiger partial charge in [0.15, 0.2) is 5.65 Å². The molecule has 0 bridgehead atoms. The van der Waals surface area contributed by atoms with Crippen LogP contribution in [0.25, 0.3) is 16.8 Å². The molecule has 5 rings (SSSR count). The third-order valence-corrected chi connectivity index (χ3v) is 4.57. The molecule has 0 saturated heterocycles. The molecule has 5 aromatic rings. The summed E-state index contributed by atoms with van der Waals surface area (Å²) in [5.41, 5.74) is 2.58. The minimum atomic E-state index is 0.564. The lowest BCUT2D eigenvalue weighted by atomic mass is 10.1. The number of nitrogens with one attached hydrogen (secondary N) is 1. The molecule has 0 fully saturated rings. The molecule has 6 nitrogen and oxygen atoms in total. The van der Waals surface area contributed by atoms with Crippen molar-refractivity contribution in [2.45, 2.75) is 6.54 Å². The molecule has 0 saturated carbocycles. The lowest BCUT2D eigenvalue weighted by Crippen LogP contribution is -2.05. The van der Waals surface area contributed by atoms with Crippen molar-refractivity contribution in [3.63, 3.8) is 0 Å². The second-order valence-corrected chi connectivity index (χ2v) is 6.47. The molecule has 0 aliphatic rings. The van der Waals surface area contributed by atoms with Gasteiger partial charge in [0.25, 0.3) is 0 Å². The highest BCUT2D eigenvalue weighted by Gasteiger charge is 2.15. The zero-order valence-corrected chi connectivity index (χ0v) is 15.5. The molecule has 3 aromatic heterocycles. The predicted molar refractivity (Wildman–Crippen MR) is 111 cm³/mol. The molecule has 0 aliphatic heterocycles. The number of fused-ring (bicyclic) bond motifs is 1. The summed E-state index contributed by atoms with van der Waals surface area (Å²) in [6.07, 6.45) is 5.24. The molecule has 0 atom stereocenters. The van der Waals surface area contributed by atoms with Gasteiger partial charge in [-0.05, 0) is 36.4 Å². The van der Waals surface area contributed by atoms with E-state index in [1.54, 1.807) is 17.0 Å². The zero-order chi connectivity index (χ0) is 19.5. The van der Waals surface area contributed by atoms with Gasteiger partial charge < -0.3 is 14.5 Å². The Morgan fingerprint density at radius 2 is 1.76 bits per heavy atom. The Morgan fingerprint density at radius 1 is 0.897 bits per heavy atom. The molecule has 1 N–H and O–H groups in total. The van der Waals surface area contributed by atoms with E-state index in [-0.39, 0.29) is 0 Å². The predicted octanol–water partition coefficient (Wildman–Crippen LogP) is 5.39. The Labute approximate surface area is 167 Å². The van der Waals surface area contributed by atoms with Gasteiger partial charge in [-0.15, -0.1) is 0 Å². The molecule has 6 heteroatoms. The number of nitrogens with zero attached hydrogens (tertiary/aromatic N) is 3. The van der Waals surface area contributed by atoms with Crippen molar-refractivity contribution in [1.82, 2.24) is 14.6 Å². The number of benzene rings is 2. The first kappa shape index (κ1) is 17.1. The van der Waals surface area contributed by atoms with Gasteiger partial charge in [-0.25, -0.2) is 4.98 Å². The maximum Gasteiger partial charge on any atom is 0.165 e. The zero-order valence-electron chi connectivity index (χ0n) is 15.5. The number of aromatic nitrogens is 3. The highest BCUT2D eigenvalue weighted by Crippen LogP contribution is 2.35. The smallest absolute Gasteiger partial charge is 0.165 e. The van der Waals surface area contributed by atoms with Crippen LogP contribution in [-0.2, 0) is 6.54 Å². The quantitative estimate of drug-likeness (QED) is 0.426. The first-order valence-corrected chi connectivity index (χ1v) is 9.30. The van der Waals surface area contributed by atoms with Crippen molar-refractivity contribution in [2.75, 3.05) is 5.32 Å². The van der Waals surface area contributed by atoms with E-state index in [2.05, 4.69) is 15.4 Å². The Morgan fingerprint density at radius 3 is 2.62 bits per heavy atom. The average molecular weight is 382 g/mol. The fraction of sp³-hybridized carbons (Fsp3) is 0.0435. The van der Waals surface area contributed by atoms with Crippen LogP contribution in [0.15, 0.2) is 95.9 Å². The Balaban J connectivity index is 1.51. The first-order chi connectivity index (χ1) is 14.4. The third kappa shape index (κ3) is 3.43. The van der Waals surface area contributed by atoms with Crippen LogP contribution >= 0.6 is 0 Å². The number of furan rings is 1. The van der Waals surface area contributed by atoms with Crippen molar-refractivity contribution in [2.24, 2.45) is 0 Å². The molecule has 0 radical (unpaired) electrons. The molecule has 3 heterocycles. The second-order valence-electron chi connectivity index (χ2n) is 6.47. The summed E-state index contributed by atoms with van der Waals surface area (Å²) in [4.78, 5) is 4.55. The molecule has 0 amide bonds. The molecule has 29 heavy (non-hydrogen) atoms. The SMILES string of the molecule is c1ccc(Oc2ccccc2-c2cnn3c(NCc4ccco4)ccnc23)cc1. The second kappa shape index (κ2) is 7.52. The number of ether oxygens (including phenoxy) is 1. The van der Waals surface area contributed by atoms with Crippen molar-refractivity contribution >= 4 is 11.5 Å². The summed E-state index contributed by atoms with van der Waals surface area (Å²) >= 11 is 0. The van der Waals surface area contributed by atoms with Gasteiger partial charge in [0.05, 0.1) is 24.6 Å². The van der Waals surface area contributed by atoms with E-state index in [0.29, 0.717) is 6.54 Å². The van der Waals surface area contributed by atoms with Crippen molar-refractivity contribution in [3.05, 3.63) is 97.2 Å². The van der Waals surface area contributed by atoms with Gasteiger partial charge in [0.1, 0.15) is 23.1 Å². The molecule has 0 unspecified atom stereocenters. The lowest BCUT2D eigenvalue weighted by molar-refractivity contribution is 0.484. The summed E-state index contributed by atoms with van der Waals surface area (Å²) in [5.74, 6) is 3.22. The van der Waals surface area contributed by atoms with Crippen LogP contribution < -0.4 is 10.1 Å². The maximum absolute atomic E-state index is 6.12. The fourth-order valence-corrected chi connectivity index (χ4v) is 3.20. The number of hydrogen-bond donors (Lipinski definition) is 1. The van der Waals surface area contributed by atoms with E-state index in [0.717, 1.165) is 39.9 Å². The Hall–Kier alpha value is -4.06. The van der Waals surface area contributed by atoms with E-state index >= 15 is 0 Å². The van der Waals surface area contributed by atoms with E-state index in [1.807, 2.05) is 79.0 Å². The van der Waals surface area contributed by atoms with Crippen LogP contribution in [0.4, 0.5) is 5.82 Å². The minimum absolute atomic E-state index is 0.564.